The van der Waals surface area contributed by atoms with Gasteiger partial charge in [0.05, 0.1) is 12.2 Å². The topological polar surface area (TPSA) is 40.5 Å². The van der Waals surface area contributed by atoms with Crippen LogP contribution in [0.3, 0.4) is 0 Å². The molecule has 0 saturated heterocycles. The van der Waals surface area contributed by atoms with E-state index in [0.29, 0.717) is 0 Å². The molecule has 1 rings (SSSR count). The van der Waals surface area contributed by atoms with E-state index in [2.05, 4.69) is 0 Å². The summed E-state index contributed by atoms with van der Waals surface area (Å²) < 4.78 is 0. The fourth-order valence-corrected chi connectivity index (χ4v) is 1.45. The number of rotatable bonds is 0. The van der Waals surface area contributed by atoms with Crippen LogP contribution in [-0.2, 0) is 0 Å². The van der Waals surface area contributed by atoms with Gasteiger partial charge in [-0.25, -0.2) is 0 Å². The van der Waals surface area contributed by atoms with E-state index in [1.165, 1.54) is 12.8 Å². The van der Waals surface area contributed by atoms with Crippen molar-refractivity contribution in [3.05, 3.63) is 0 Å². The Bertz CT molecular complexity index is 81.3. The van der Waals surface area contributed by atoms with E-state index in [1.807, 2.05) is 0 Å². The van der Waals surface area contributed by atoms with Crippen LogP contribution in [0.2, 0.25) is 0 Å². The predicted octanol–water partition coefficient (Wildman–Crippen LogP) is 1.06. The third-order valence-corrected chi connectivity index (χ3v) is 2.19. The molecule has 2 N–H and O–H groups in total. The fraction of sp³-hybridized carbons (Fsp3) is 1.00. The van der Waals surface area contributed by atoms with E-state index in [4.69, 9.17) is 0 Å². The Balaban J connectivity index is 2.28. The van der Waals surface area contributed by atoms with Crippen LogP contribution >= 0.6 is 0 Å². The molecule has 0 spiro atoms. The number of aliphatic hydroxyl groups is 2. The maximum Gasteiger partial charge on any atom is 0.0799 e. The van der Waals surface area contributed by atoms with Crippen LogP contribution in [0.5, 0.6) is 0 Å². The predicted molar refractivity (Wildman–Crippen MR) is 39.7 cm³/mol. The molecule has 1 saturated carbocycles. The van der Waals surface area contributed by atoms with Crippen molar-refractivity contribution < 1.29 is 10.2 Å². The second-order valence-electron chi connectivity index (χ2n) is 3.13. The Hall–Kier alpha value is -0.0800. The monoisotopic (exact) mass is 144 g/mol. The number of hydrogen-bond acceptors (Lipinski definition) is 2. The Morgan fingerprint density at radius 3 is 1.50 bits per heavy atom. The highest BCUT2D eigenvalue weighted by Gasteiger charge is 2.16. The van der Waals surface area contributed by atoms with Crippen molar-refractivity contribution in [1.29, 1.82) is 0 Å². The molecule has 2 heteroatoms. The first-order valence-corrected chi connectivity index (χ1v) is 4.17. The van der Waals surface area contributed by atoms with Gasteiger partial charge in [-0.05, 0) is 12.8 Å². The maximum absolute atomic E-state index is 9.23. The molecule has 2 nitrogen and oxygen atoms in total. The van der Waals surface area contributed by atoms with Crippen LogP contribution in [0.15, 0.2) is 0 Å². The normalized spacial score (nSPS) is 36.6. The van der Waals surface area contributed by atoms with Crippen LogP contribution in [0.25, 0.3) is 0 Å². The molecule has 0 heterocycles. The molecule has 0 aromatic rings. The Morgan fingerprint density at radius 1 is 0.700 bits per heavy atom. The summed E-state index contributed by atoms with van der Waals surface area (Å²) in [5.41, 5.74) is 0. The second kappa shape index (κ2) is 3.94. The fourth-order valence-electron chi connectivity index (χ4n) is 1.45. The molecule has 1 fully saturated rings. The molecule has 0 amide bonds. The Morgan fingerprint density at radius 2 is 1.10 bits per heavy atom. The zero-order chi connectivity index (χ0) is 7.40. The minimum Gasteiger partial charge on any atom is -0.390 e. The number of aliphatic hydroxyl groups excluding tert-OH is 2. The van der Waals surface area contributed by atoms with Gasteiger partial charge in [-0.3, -0.25) is 0 Å². The molecular formula is C8H16O2. The first kappa shape index (κ1) is 8.02. The van der Waals surface area contributed by atoms with E-state index < -0.39 is 12.2 Å². The summed E-state index contributed by atoms with van der Waals surface area (Å²) in [7, 11) is 0. The lowest BCUT2D eigenvalue weighted by molar-refractivity contribution is 0.00303. The minimum atomic E-state index is -0.458. The lowest BCUT2D eigenvalue weighted by atomic mass is 9.96. The number of hydrogen-bond donors (Lipinski definition) is 2. The molecule has 1 aliphatic carbocycles. The van der Waals surface area contributed by atoms with Gasteiger partial charge >= 0.3 is 0 Å². The zero-order valence-electron chi connectivity index (χ0n) is 6.29. The van der Waals surface area contributed by atoms with Gasteiger partial charge in [-0.2, -0.15) is 0 Å². The SMILES string of the molecule is O[C@@H]1CCCCCC[C@@H]1O. The summed E-state index contributed by atoms with van der Waals surface area (Å²) in [6, 6.07) is 0. The van der Waals surface area contributed by atoms with Crippen molar-refractivity contribution in [3.63, 3.8) is 0 Å². The van der Waals surface area contributed by atoms with Crippen LogP contribution < -0.4 is 0 Å². The molecule has 2 atom stereocenters. The lowest BCUT2D eigenvalue weighted by Crippen LogP contribution is -2.26. The highest BCUT2D eigenvalue weighted by Crippen LogP contribution is 2.17. The van der Waals surface area contributed by atoms with Crippen molar-refractivity contribution in [1.82, 2.24) is 0 Å². The van der Waals surface area contributed by atoms with Gasteiger partial charge in [0.25, 0.3) is 0 Å². The van der Waals surface area contributed by atoms with Crippen molar-refractivity contribution in [2.45, 2.75) is 50.7 Å². The molecule has 1 aliphatic rings. The van der Waals surface area contributed by atoms with E-state index in [1.54, 1.807) is 0 Å². The highest BCUT2D eigenvalue weighted by atomic mass is 16.3. The van der Waals surface area contributed by atoms with Gasteiger partial charge in [0.2, 0.25) is 0 Å². The highest BCUT2D eigenvalue weighted by molar-refractivity contribution is 4.69. The summed E-state index contributed by atoms with van der Waals surface area (Å²) in [5, 5.41) is 18.5. The van der Waals surface area contributed by atoms with Gasteiger partial charge in [0.1, 0.15) is 0 Å². The van der Waals surface area contributed by atoms with Gasteiger partial charge in [0.15, 0.2) is 0 Å². The molecule has 0 aliphatic heterocycles. The van der Waals surface area contributed by atoms with Crippen molar-refractivity contribution in [2.75, 3.05) is 0 Å². The van der Waals surface area contributed by atoms with Crippen LogP contribution in [-0.4, -0.2) is 22.4 Å². The van der Waals surface area contributed by atoms with Crippen molar-refractivity contribution in [2.24, 2.45) is 0 Å². The molecule has 60 valence electrons. The molecule has 0 radical (unpaired) electrons. The van der Waals surface area contributed by atoms with Gasteiger partial charge < -0.3 is 10.2 Å². The first-order chi connectivity index (χ1) is 4.80. The second-order valence-corrected chi connectivity index (χ2v) is 3.13. The minimum absolute atomic E-state index is 0.458. The summed E-state index contributed by atoms with van der Waals surface area (Å²) in [6.45, 7) is 0. The third-order valence-electron chi connectivity index (χ3n) is 2.19. The largest absolute Gasteiger partial charge is 0.390 e. The van der Waals surface area contributed by atoms with Crippen LogP contribution in [0.4, 0.5) is 0 Å². The molecule has 0 aromatic heterocycles. The third kappa shape index (κ3) is 2.27. The Labute approximate surface area is 61.9 Å². The first-order valence-electron chi connectivity index (χ1n) is 4.17. The summed E-state index contributed by atoms with van der Waals surface area (Å²) in [4.78, 5) is 0. The maximum atomic E-state index is 9.23. The standard InChI is InChI=1S/C8H16O2/c9-7-5-3-1-2-4-6-8(7)10/h7-10H,1-6H2/t7-,8+. The molecule has 0 unspecified atom stereocenters. The lowest BCUT2D eigenvalue weighted by Gasteiger charge is -2.19. The Kier molecular flexibility index (Phi) is 3.16. The average molecular weight is 144 g/mol. The van der Waals surface area contributed by atoms with Gasteiger partial charge in [-0.1, -0.05) is 25.7 Å². The summed E-state index contributed by atoms with van der Waals surface area (Å²) in [5.74, 6) is 0. The zero-order valence-corrected chi connectivity index (χ0v) is 6.29. The molecule has 0 aromatic carbocycles. The van der Waals surface area contributed by atoms with Crippen LogP contribution in [0.1, 0.15) is 38.5 Å². The van der Waals surface area contributed by atoms with Crippen LogP contribution in [0, 0.1) is 0 Å². The summed E-state index contributed by atoms with van der Waals surface area (Å²) in [6.07, 6.45) is 5.20. The summed E-state index contributed by atoms with van der Waals surface area (Å²) >= 11 is 0. The molecule has 0 bridgehead atoms. The van der Waals surface area contributed by atoms with E-state index in [-0.39, 0.29) is 0 Å². The van der Waals surface area contributed by atoms with E-state index in [9.17, 15) is 10.2 Å². The van der Waals surface area contributed by atoms with Gasteiger partial charge in [-0.15, -0.1) is 0 Å². The van der Waals surface area contributed by atoms with E-state index in [0.717, 1.165) is 25.7 Å². The van der Waals surface area contributed by atoms with Gasteiger partial charge in [0, 0.05) is 0 Å². The quantitative estimate of drug-likeness (QED) is 0.533. The molecule has 10 heavy (non-hydrogen) atoms. The molecular weight excluding hydrogens is 128 g/mol. The van der Waals surface area contributed by atoms with Crippen molar-refractivity contribution in [3.8, 4) is 0 Å². The van der Waals surface area contributed by atoms with Crippen molar-refractivity contribution >= 4 is 0 Å². The van der Waals surface area contributed by atoms with E-state index >= 15 is 0 Å². The smallest absolute Gasteiger partial charge is 0.0799 e. The average Bonchev–Trinajstić information content (AvgIpc) is 1.92.